The number of fused-ring (bicyclic) bond motifs is 4. The zero-order chi connectivity index (χ0) is 18.3. The summed E-state index contributed by atoms with van der Waals surface area (Å²) < 4.78 is 5.03. The number of urea groups is 1. The number of carbonyl (C=O) groups is 2. The topological polar surface area (TPSA) is 121 Å². The van der Waals surface area contributed by atoms with Crippen LogP contribution in [0.5, 0.6) is 5.88 Å². The molecule has 2 aromatic rings. The Kier molecular flexibility index (Phi) is 3.79. The van der Waals surface area contributed by atoms with Gasteiger partial charge in [-0.05, 0) is 18.6 Å². The molecule has 2 bridgehead atoms. The molecule has 2 amide bonds. The van der Waals surface area contributed by atoms with Crippen LogP contribution >= 0.6 is 0 Å². The molecular formula is C16H16N6O4. The first-order chi connectivity index (χ1) is 12.6. The molecule has 0 radical (unpaired) electrons. The first-order valence-electron chi connectivity index (χ1n) is 8.02. The lowest BCUT2D eigenvalue weighted by Crippen LogP contribution is -2.48. The molecule has 2 aromatic heterocycles. The molecule has 0 saturated carbocycles. The number of amides is 2. The molecule has 2 aliphatic rings. The number of carbonyl (C=O) groups excluding carboxylic acids is 1. The lowest BCUT2D eigenvalue weighted by molar-refractivity contribution is 0.0690. The fourth-order valence-electron chi connectivity index (χ4n) is 3.28. The van der Waals surface area contributed by atoms with E-state index >= 15 is 0 Å². The highest BCUT2D eigenvalue weighted by Gasteiger charge is 2.40. The molecule has 10 nitrogen and oxygen atoms in total. The van der Waals surface area contributed by atoms with Gasteiger partial charge >= 0.3 is 12.0 Å². The van der Waals surface area contributed by atoms with Gasteiger partial charge in [-0.3, -0.25) is 10.2 Å². The second-order valence-electron chi connectivity index (χ2n) is 5.98. The first kappa shape index (κ1) is 16.1. The fraction of sp³-hybridized carbons (Fsp3) is 0.312. The second-order valence-corrected chi connectivity index (χ2v) is 5.98. The minimum absolute atomic E-state index is 0.0808. The number of pyridine rings is 1. The number of anilines is 3. The standard InChI is InChI=1S/C16H16N6O4/c1-26-13-6-12(17-8-18-13)20-16(25)22-9-4-5-21(7-9)11-3-2-10(15(23)24)19-14(11)22/h2-3,6,8-9H,4-5,7H2,1H3,(H,23,24)(H,17,18,20,25)/t9-/m0/s1. The van der Waals surface area contributed by atoms with Gasteiger partial charge in [0, 0.05) is 19.2 Å². The van der Waals surface area contributed by atoms with E-state index in [1.165, 1.54) is 30.5 Å². The van der Waals surface area contributed by atoms with Gasteiger partial charge in [0.2, 0.25) is 5.88 Å². The molecule has 4 heterocycles. The Morgan fingerprint density at radius 3 is 2.96 bits per heavy atom. The number of rotatable bonds is 3. The monoisotopic (exact) mass is 356 g/mol. The third-order valence-corrected chi connectivity index (χ3v) is 4.48. The van der Waals surface area contributed by atoms with Crippen molar-refractivity contribution in [3.8, 4) is 5.88 Å². The van der Waals surface area contributed by atoms with Crippen LogP contribution in [0.4, 0.5) is 22.1 Å². The predicted octanol–water partition coefficient (Wildman–Crippen LogP) is 1.21. The van der Waals surface area contributed by atoms with Gasteiger partial charge in [-0.2, -0.15) is 0 Å². The minimum Gasteiger partial charge on any atom is -0.481 e. The van der Waals surface area contributed by atoms with Crippen molar-refractivity contribution in [3.63, 3.8) is 0 Å². The Balaban J connectivity index is 1.68. The van der Waals surface area contributed by atoms with Gasteiger partial charge in [-0.1, -0.05) is 0 Å². The Hall–Kier alpha value is -3.43. The summed E-state index contributed by atoms with van der Waals surface area (Å²) in [5.41, 5.74) is 0.645. The van der Waals surface area contributed by atoms with E-state index in [1.54, 1.807) is 6.07 Å². The SMILES string of the molecule is COc1cc(NC(=O)N2c3nc(C(=O)O)ccc3N3CC[C@H]2C3)ncn1. The molecule has 0 unspecified atom stereocenters. The van der Waals surface area contributed by atoms with Crippen molar-refractivity contribution < 1.29 is 19.4 Å². The lowest BCUT2D eigenvalue weighted by atomic mass is 10.2. The third kappa shape index (κ3) is 2.65. The van der Waals surface area contributed by atoms with Crippen molar-refractivity contribution in [2.75, 3.05) is 35.3 Å². The van der Waals surface area contributed by atoms with Crippen molar-refractivity contribution in [2.45, 2.75) is 12.5 Å². The van der Waals surface area contributed by atoms with Crippen LogP contribution < -0.4 is 19.9 Å². The van der Waals surface area contributed by atoms with E-state index in [0.29, 0.717) is 24.1 Å². The highest BCUT2D eigenvalue weighted by molar-refractivity contribution is 6.04. The van der Waals surface area contributed by atoms with Crippen LogP contribution in [0.2, 0.25) is 0 Å². The first-order valence-corrected chi connectivity index (χ1v) is 8.02. The van der Waals surface area contributed by atoms with E-state index in [9.17, 15) is 14.7 Å². The number of hydrogen-bond acceptors (Lipinski definition) is 7. The largest absolute Gasteiger partial charge is 0.481 e. The fourth-order valence-corrected chi connectivity index (χ4v) is 3.28. The summed E-state index contributed by atoms with van der Waals surface area (Å²) in [4.78, 5) is 39.9. The quantitative estimate of drug-likeness (QED) is 0.842. The van der Waals surface area contributed by atoms with Gasteiger partial charge in [0.05, 0.1) is 18.8 Å². The van der Waals surface area contributed by atoms with E-state index in [0.717, 1.165) is 18.7 Å². The van der Waals surface area contributed by atoms with Crippen LogP contribution in [0.25, 0.3) is 0 Å². The maximum atomic E-state index is 12.9. The van der Waals surface area contributed by atoms with E-state index < -0.39 is 12.0 Å². The number of nitrogens with one attached hydrogen (secondary N) is 1. The molecule has 0 aromatic carbocycles. The summed E-state index contributed by atoms with van der Waals surface area (Å²) in [5, 5.41) is 11.9. The zero-order valence-corrected chi connectivity index (χ0v) is 13.9. The Bertz CT molecular complexity index is 889. The van der Waals surface area contributed by atoms with Gasteiger partial charge in [0.25, 0.3) is 0 Å². The molecule has 10 heteroatoms. The van der Waals surface area contributed by atoms with Crippen LogP contribution in [0, 0.1) is 0 Å². The summed E-state index contributed by atoms with van der Waals surface area (Å²) >= 11 is 0. The Morgan fingerprint density at radius 1 is 1.35 bits per heavy atom. The molecule has 1 atom stereocenters. The van der Waals surface area contributed by atoms with Crippen LogP contribution in [0.1, 0.15) is 16.9 Å². The van der Waals surface area contributed by atoms with E-state index in [2.05, 4.69) is 25.2 Å². The molecule has 0 aliphatic carbocycles. The van der Waals surface area contributed by atoms with Crippen molar-refractivity contribution >= 4 is 29.3 Å². The molecular weight excluding hydrogens is 340 g/mol. The maximum absolute atomic E-state index is 12.9. The van der Waals surface area contributed by atoms with Crippen LogP contribution in [0.3, 0.4) is 0 Å². The summed E-state index contributed by atoms with van der Waals surface area (Å²) in [6.45, 7) is 1.47. The zero-order valence-electron chi connectivity index (χ0n) is 13.9. The normalized spacial score (nSPS) is 17.7. The second kappa shape index (κ2) is 6.14. The van der Waals surface area contributed by atoms with E-state index in [1.807, 2.05) is 0 Å². The molecule has 2 aliphatic heterocycles. The van der Waals surface area contributed by atoms with Crippen molar-refractivity contribution in [1.82, 2.24) is 15.0 Å². The minimum atomic E-state index is -1.14. The number of methoxy groups -OCH3 is 1. The third-order valence-electron chi connectivity index (χ3n) is 4.48. The van der Waals surface area contributed by atoms with E-state index in [4.69, 9.17) is 4.74 Å². The summed E-state index contributed by atoms with van der Waals surface area (Å²) in [5.74, 6) is -0.176. The summed E-state index contributed by atoms with van der Waals surface area (Å²) in [6, 6.07) is 4.15. The molecule has 2 N–H and O–H groups in total. The number of carboxylic acid groups (broad SMARTS) is 1. The smallest absolute Gasteiger partial charge is 0.354 e. The van der Waals surface area contributed by atoms with Crippen molar-refractivity contribution in [2.24, 2.45) is 0 Å². The average Bonchev–Trinajstić information content (AvgIpc) is 3.06. The molecule has 134 valence electrons. The molecule has 1 fully saturated rings. The van der Waals surface area contributed by atoms with E-state index in [-0.39, 0.29) is 11.7 Å². The summed E-state index contributed by atoms with van der Waals surface area (Å²) in [7, 11) is 1.47. The van der Waals surface area contributed by atoms with Crippen molar-refractivity contribution in [1.29, 1.82) is 0 Å². The van der Waals surface area contributed by atoms with Gasteiger partial charge < -0.3 is 14.7 Å². The van der Waals surface area contributed by atoms with Gasteiger partial charge in [-0.15, -0.1) is 0 Å². The Morgan fingerprint density at radius 2 is 2.19 bits per heavy atom. The number of ether oxygens (including phenoxy) is 1. The van der Waals surface area contributed by atoms with Gasteiger partial charge in [0.15, 0.2) is 11.5 Å². The molecule has 4 rings (SSSR count). The van der Waals surface area contributed by atoms with Gasteiger partial charge in [0.1, 0.15) is 12.1 Å². The summed E-state index contributed by atoms with van der Waals surface area (Å²) in [6.07, 6.45) is 2.07. The number of hydrogen-bond donors (Lipinski definition) is 2. The van der Waals surface area contributed by atoms with Gasteiger partial charge in [-0.25, -0.2) is 24.5 Å². The molecule has 0 spiro atoms. The average molecular weight is 356 g/mol. The lowest BCUT2D eigenvalue weighted by Gasteiger charge is -2.35. The maximum Gasteiger partial charge on any atom is 0.354 e. The number of carboxylic acids is 1. The molecule has 1 saturated heterocycles. The predicted molar refractivity (Wildman–Crippen MR) is 91.9 cm³/mol. The number of nitrogens with zero attached hydrogens (tertiary/aromatic N) is 5. The van der Waals surface area contributed by atoms with Crippen LogP contribution in [0.15, 0.2) is 24.5 Å². The van der Waals surface area contributed by atoms with Crippen LogP contribution in [-0.2, 0) is 0 Å². The van der Waals surface area contributed by atoms with Crippen LogP contribution in [-0.4, -0.2) is 58.3 Å². The Labute approximate surface area is 148 Å². The van der Waals surface area contributed by atoms with Crippen molar-refractivity contribution in [3.05, 3.63) is 30.2 Å². The molecule has 26 heavy (non-hydrogen) atoms. The number of aromatic carboxylic acids is 1. The number of aromatic nitrogens is 3. The highest BCUT2D eigenvalue weighted by atomic mass is 16.5. The highest BCUT2D eigenvalue weighted by Crippen LogP contribution is 2.39.